The Bertz CT molecular complexity index is 981. The fraction of sp³-hybridized carbons (Fsp3) is 0.190. The zero-order valence-corrected chi connectivity index (χ0v) is 15.7. The Morgan fingerprint density at radius 2 is 1.86 bits per heavy atom. The topological polar surface area (TPSA) is 89.2 Å². The van der Waals surface area contributed by atoms with Crippen molar-refractivity contribution in [2.45, 2.75) is 0 Å². The van der Waals surface area contributed by atoms with Gasteiger partial charge in [0.1, 0.15) is 11.6 Å². The van der Waals surface area contributed by atoms with Gasteiger partial charge in [0.15, 0.2) is 0 Å². The Kier molecular flexibility index (Phi) is 6.29. The van der Waals surface area contributed by atoms with Crippen LogP contribution in [0.3, 0.4) is 0 Å². The molecule has 0 aliphatic carbocycles. The van der Waals surface area contributed by atoms with Gasteiger partial charge in [-0.25, -0.2) is 0 Å². The summed E-state index contributed by atoms with van der Waals surface area (Å²) >= 11 is 6.11. The zero-order chi connectivity index (χ0) is 19.9. The second kappa shape index (κ2) is 9.05. The average molecular weight is 393 g/mol. The summed E-state index contributed by atoms with van der Waals surface area (Å²) in [6, 6.07) is 15.9. The van der Waals surface area contributed by atoms with E-state index < -0.39 is 5.91 Å². The van der Waals surface area contributed by atoms with E-state index in [0.717, 1.165) is 5.69 Å². The van der Waals surface area contributed by atoms with Gasteiger partial charge in [0.25, 0.3) is 5.91 Å². The van der Waals surface area contributed by atoms with Gasteiger partial charge in [-0.05, 0) is 42.0 Å². The number of hydrogen-bond acceptors (Lipinski definition) is 5. The molecule has 28 heavy (non-hydrogen) atoms. The summed E-state index contributed by atoms with van der Waals surface area (Å²) in [7, 11) is 0. The third kappa shape index (κ3) is 4.69. The van der Waals surface area contributed by atoms with Crippen LogP contribution in [0.5, 0.6) is 0 Å². The molecule has 1 fully saturated rings. The van der Waals surface area contributed by atoms with E-state index in [1.165, 1.54) is 6.08 Å². The third-order valence-electron chi connectivity index (χ3n) is 4.27. The second-order valence-electron chi connectivity index (χ2n) is 6.12. The number of benzene rings is 2. The number of nitriles is 2. The Morgan fingerprint density at radius 3 is 2.50 bits per heavy atom. The summed E-state index contributed by atoms with van der Waals surface area (Å²) in [4.78, 5) is 14.8. The van der Waals surface area contributed by atoms with E-state index in [-0.39, 0.29) is 5.57 Å². The molecule has 140 valence electrons. The molecule has 1 N–H and O–H groups in total. The fourth-order valence-electron chi connectivity index (χ4n) is 2.85. The van der Waals surface area contributed by atoms with Crippen molar-refractivity contribution in [2.75, 3.05) is 36.5 Å². The van der Waals surface area contributed by atoms with Gasteiger partial charge < -0.3 is 15.0 Å². The van der Waals surface area contributed by atoms with Gasteiger partial charge in [-0.2, -0.15) is 10.5 Å². The van der Waals surface area contributed by atoms with Crippen LogP contribution >= 0.6 is 11.6 Å². The molecule has 0 radical (unpaired) electrons. The van der Waals surface area contributed by atoms with Crippen LogP contribution in [0.4, 0.5) is 11.4 Å². The summed E-state index contributed by atoms with van der Waals surface area (Å²) in [6.45, 7) is 2.63. The van der Waals surface area contributed by atoms with Crippen LogP contribution in [0, 0.1) is 22.7 Å². The molecule has 0 spiro atoms. The largest absolute Gasteiger partial charge is 0.378 e. The summed E-state index contributed by atoms with van der Waals surface area (Å²) in [5, 5.41) is 21.6. The quantitative estimate of drug-likeness (QED) is 0.634. The number of anilines is 2. The summed E-state index contributed by atoms with van der Waals surface area (Å²) in [6.07, 6.45) is 1.48. The molecule has 0 saturated carbocycles. The molecule has 2 aromatic rings. The Balaban J connectivity index is 1.84. The van der Waals surface area contributed by atoms with Crippen molar-refractivity contribution in [3.05, 3.63) is 64.2 Å². The highest BCUT2D eigenvalue weighted by molar-refractivity contribution is 6.31. The van der Waals surface area contributed by atoms with Crippen LogP contribution in [0.1, 0.15) is 11.1 Å². The Hall–Kier alpha value is -3.32. The first-order chi connectivity index (χ1) is 13.6. The molecule has 0 atom stereocenters. The van der Waals surface area contributed by atoms with Gasteiger partial charge in [-0.15, -0.1) is 0 Å². The van der Waals surface area contributed by atoms with Gasteiger partial charge in [-0.1, -0.05) is 23.7 Å². The van der Waals surface area contributed by atoms with Crippen LogP contribution in [-0.2, 0) is 9.53 Å². The maximum atomic E-state index is 12.7. The predicted molar refractivity (Wildman–Crippen MR) is 108 cm³/mol. The van der Waals surface area contributed by atoms with Gasteiger partial charge in [-0.3, -0.25) is 4.79 Å². The van der Waals surface area contributed by atoms with Crippen LogP contribution in [0.25, 0.3) is 6.08 Å². The monoisotopic (exact) mass is 392 g/mol. The lowest BCUT2D eigenvalue weighted by Gasteiger charge is -2.30. The fourth-order valence-corrected chi connectivity index (χ4v) is 3.02. The van der Waals surface area contributed by atoms with Crippen molar-refractivity contribution >= 4 is 35.0 Å². The number of carbonyl (C=O) groups excluding carboxylic acids is 1. The molecule has 1 aliphatic heterocycles. The number of halogens is 1. The maximum absolute atomic E-state index is 12.7. The van der Waals surface area contributed by atoms with Crippen molar-refractivity contribution in [1.82, 2.24) is 0 Å². The number of ether oxygens (including phenoxy) is 1. The van der Waals surface area contributed by atoms with E-state index in [0.29, 0.717) is 48.1 Å². The minimum absolute atomic E-state index is 0.0439. The minimum Gasteiger partial charge on any atom is -0.378 e. The predicted octanol–water partition coefficient (Wildman–Crippen LogP) is 3.59. The number of amides is 1. The smallest absolute Gasteiger partial charge is 0.266 e. The number of morpholine rings is 1. The first-order valence-electron chi connectivity index (χ1n) is 8.66. The summed E-state index contributed by atoms with van der Waals surface area (Å²) < 4.78 is 5.38. The van der Waals surface area contributed by atoms with E-state index in [1.807, 2.05) is 18.2 Å². The summed E-state index contributed by atoms with van der Waals surface area (Å²) in [5.41, 5.74) is 2.49. The van der Waals surface area contributed by atoms with E-state index in [1.54, 1.807) is 36.4 Å². The van der Waals surface area contributed by atoms with Crippen LogP contribution in [-0.4, -0.2) is 32.2 Å². The summed E-state index contributed by atoms with van der Waals surface area (Å²) in [5.74, 6) is -0.524. The molecular weight excluding hydrogens is 376 g/mol. The number of nitrogens with one attached hydrogen (secondary N) is 1. The van der Waals surface area contributed by atoms with E-state index in [4.69, 9.17) is 21.6 Å². The number of hydrogen-bond donors (Lipinski definition) is 1. The van der Waals surface area contributed by atoms with E-state index >= 15 is 0 Å². The molecule has 0 unspecified atom stereocenters. The van der Waals surface area contributed by atoms with Crippen molar-refractivity contribution in [2.24, 2.45) is 0 Å². The Labute approximate surface area is 168 Å². The minimum atomic E-state index is -0.524. The SMILES string of the molecule is N#CC(=Cc1ccc(C#N)cc1)C(=O)Nc1cc(Cl)ccc1N1CCOCC1. The number of carbonyl (C=O) groups is 1. The van der Waals surface area contributed by atoms with Crippen LogP contribution in [0.2, 0.25) is 5.02 Å². The maximum Gasteiger partial charge on any atom is 0.266 e. The van der Waals surface area contributed by atoms with E-state index in [2.05, 4.69) is 10.2 Å². The molecule has 1 amide bonds. The second-order valence-corrected chi connectivity index (χ2v) is 6.56. The van der Waals surface area contributed by atoms with Gasteiger partial charge in [0.05, 0.1) is 36.2 Å². The van der Waals surface area contributed by atoms with E-state index in [9.17, 15) is 10.1 Å². The standard InChI is InChI=1S/C21H17ClN4O2/c22-18-5-6-20(26-7-9-28-10-8-26)19(12-18)25-21(27)17(14-24)11-15-1-3-16(13-23)4-2-15/h1-6,11-12H,7-10H2,(H,25,27). The average Bonchev–Trinajstić information content (AvgIpc) is 2.73. The number of rotatable bonds is 4. The van der Waals surface area contributed by atoms with Crippen molar-refractivity contribution in [1.29, 1.82) is 10.5 Å². The lowest BCUT2D eigenvalue weighted by molar-refractivity contribution is -0.112. The zero-order valence-electron chi connectivity index (χ0n) is 15.0. The third-order valence-corrected chi connectivity index (χ3v) is 4.51. The highest BCUT2D eigenvalue weighted by Gasteiger charge is 2.18. The van der Waals surface area contributed by atoms with Crippen LogP contribution in [0.15, 0.2) is 48.0 Å². The molecule has 6 nitrogen and oxygen atoms in total. The van der Waals surface area contributed by atoms with Gasteiger partial charge >= 0.3 is 0 Å². The molecule has 7 heteroatoms. The molecular formula is C21H17ClN4O2. The molecule has 0 bridgehead atoms. The van der Waals surface area contributed by atoms with Gasteiger partial charge in [0.2, 0.25) is 0 Å². The van der Waals surface area contributed by atoms with Crippen molar-refractivity contribution in [3.63, 3.8) is 0 Å². The molecule has 2 aromatic carbocycles. The lowest BCUT2D eigenvalue weighted by Crippen LogP contribution is -2.36. The first-order valence-corrected chi connectivity index (χ1v) is 9.04. The normalized spacial score (nSPS) is 14.1. The van der Waals surface area contributed by atoms with Crippen molar-refractivity contribution in [3.8, 4) is 12.1 Å². The molecule has 0 aromatic heterocycles. The first kappa shape index (κ1) is 19.4. The molecule has 3 rings (SSSR count). The number of nitrogens with zero attached hydrogens (tertiary/aromatic N) is 3. The molecule has 1 heterocycles. The molecule has 1 saturated heterocycles. The van der Waals surface area contributed by atoms with Crippen LogP contribution < -0.4 is 10.2 Å². The Morgan fingerprint density at radius 1 is 1.14 bits per heavy atom. The molecule has 1 aliphatic rings. The van der Waals surface area contributed by atoms with Crippen molar-refractivity contribution < 1.29 is 9.53 Å². The van der Waals surface area contributed by atoms with Gasteiger partial charge in [0, 0.05) is 18.1 Å². The highest BCUT2D eigenvalue weighted by Crippen LogP contribution is 2.30. The lowest BCUT2D eigenvalue weighted by atomic mass is 10.1. The highest BCUT2D eigenvalue weighted by atomic mass is 35.5.